The monoisotopic (exact) mass is 510 g/mol. The molecule has 0 bridgehead atoms. The predicted octanol–water partition coefficient (Wildman–Crippen LogP) is 7.40. The molecule has 3 fully saturated rings. The van der Waals surface area contributed by atoms with Crippen molar-refractivity contribution in [2.45, 2.75) is 82.8 Å². The zero-order chi connectivity index (χ0) is 25.6. The molecule has 1 aliphatic heterocycles. The SMILES string of the molecule is O=C(C1C2CCC(CC3CCC(c4ccccc4)CC3)CCC21)N1CCc2ncc(C(F)(F)F)cc2C1. The van der Waals surface area contributed by atoms with Crippen LogP contribution in [0, 0.1) is 29.6 Å². The zero-order valence-electron chi connectivity index (χ0n) is 21.4. The number of fused-ring (bicyclic) bond motifs is 2. The van der Waals surface area contributed by atoms with Gasteiger partial charge in [-0.05, 0) is 91.7 Å². The summed E-state index contributed by atoms with van der Waals surface area (Å²) in [6.45, 7) is 0.823. The lowest BCUT2D eigenvalue weighted by Crippen LogP contribution is -2.38. The van der Waals surface area contributed by atoms with Crippen LogP contribution >= 0.6 is 0 Å². The molecule has 1 aromatic heterocycles. The van der Waals surface area contributed by atoms with E-state index in [1.165, 1.54) is 56.6 Å². The van der Waals surface area contributed by atoms with Gasteiger partial charge in [0, 0.05) is 37.3 Å². The Morgan fingerprint density at radius 1 is 0.919 bits per heavy atom. The summed E-state index contributed by atoms with van der Waals surface area (Å²) in [5.74, 6) is 3.57. The summed E-state index contributed by atoms with van der Waals surface area (Å²) >= 11 is 0. The molecular formula is C31H37F3N2O. The summed E-state index contributed by atoms with van der Waals surface area (Å²) < 4.78 is 39.4. The number of carbonyl (C=O) groups is 1. The highest BCUT2D eigenvalue weighted by Crippen LogP contribution is 2.56. The van der Waals surface area contributed by atoms with Gasteiger partial charge in [-0.2, -0.15) is 13.2 Å². The van der Waals surface area contributed by atoms with E-state index in [9.17, 15) is 18.0 Å². The molecule has 2 aromatic rings. The number of halogens is 3. The number of amides is 1. The Morgan fingerprint density at radius 3 is 2.22 bits per heavy atom. The molecule has 198 valence electrons. The summed E-state index contributed by atoms with van der Waals surface area (Å²) in [6.07, 6.45) is 8.41. The quantitative estimate of drug-likeness (QED) is 0.429. The normalized spacial score (nSPS) is 31.7. The molecule has 1 amide bonds. The smallest absolute Gasteiger partial charge is 0.338 e. The predicted molar refractivity (Wildman–Crippen MR) is 137 cm³/mol. The van der Waals surface area contributed by atoms with Crippen molar-refractivity contribution in [3.05, 3.63) is 65.0 Å². The summed E-state index contributed by atoms with van der Waals surface area (Å²) in [7, 11) is 0. The molecule has 1 aromatic carbocycles. The third kappa shape index (κ3) is 5.31. The Hall–Kier alpha value is -2.37. The first-order chi connectivity index (χ1) is 17.9. The van der Waals surface area contributed by atoms with E-state index in [0.29, 0.717) is 36.1 Å². The summed E-state index contributed by atoms with van der Waals surface area (Å²) in [5, 5.41) is 0. The third-order valence-corrected chi connectivity index (χ3v) is 9.90. The molecule has 0 saturated heterocycles. The number of benzene rings is 1. The fraction of sp³-hybridized carbons (Fsp3) is 0.613. The van der Waals surface area contributed by atoms with Crippen LogP contribution in [-0.4, -0.2) is 22.3 Å². The van der Waals surface area contributed by atoms with Crippen LogP contribution in [0.1, 0.15) is 86.1 Å². The number of nitrogens with zero attached hydrogens (tertiary/aromatic N) is 2. The third-order valence-electron chi connectivity index (χ3n) is 9.90. The van der Waals surface area contributed by atoms with E-state index in [1.54, 1.807) is 4.90 Å². The van der Waals surface area contributed by atoms with Crippen LogP contribution in [0.4, 0.5) is 13.2 Å². The van der Waals surface area contributed by atoms with Gasteiger partial charge < -0.3 is 4.90 Å². The molecular weight excluding hydrogens is 473 g/mol. The van der Waals surface area contributed by atoms with E-state index in [1.807, 2.05) is 0 Å². The molecule has 3 aliphatic carbocycles. The van der Waals surface area contributed by atoms with E-state index in [2.05, 4.69) is 35.3 Å². The van der Waals surface area contributed by atoms with Crippen LogP contribution in [0.2, 0.25) is 0 Å². The van der Waals surface area contributed by atoms with Crippen molar-refractivity contribution in [1.82, 2.24) is 9.88 Å². The fourth-order valence-electron chi connectivity index (χ4n) is 7.74. The number of alkyl halides is 3. The van der Waals surface area contributed by atoms with Crippen molar-refractivity contribution < 1.29 is 18.0 Å². The first-order valence-corrected chi connectivity index (χ1v) is 14.3. The van der Waals surface area contributed by atoms with Crippen molar-refractivity contribution in [3.8, 4) is 0 Å². The maximum atomic E-state index is 13.4. The topological polar surface area (TPSA) is 33.2 Å². The second-order valence-corrected chi connectivity index (χ2v) is 12.1. The van der Waals surface area contributed by atoms with E-state index in [4.69, 9.17) is 0 Å². The van der Waals surface area contributed by atoms with Gasteiger partial charge in [0.05, 0.1) is 5.56 Å². The van der Waals surface area contributed by atoms with Gasteiger partial charge in [0.1, 0.15) is 0 Å². The Kier molecular flexibility index (Phi) is 6.79. The van der Waals surface area contributed by atoms with Gasteiger partial charge in [-0.3, -0.25) is 9.78 Å². The van der Waals surface area contributed by atoms with Crippen molar-refractivity contribution in [1.29, 1.82) is 0 Å². The average molecular weight is 511 g/mol. The van der Waals surface area contributed by atoms with Gasteiger partial charge in [0.15, 0.2) is 0 Å². The number of pyridine rings is 1. The molecule has 3 nitrogen and oxygen atoms in total. The highest BCUT2D eigenvalue weighted by Gasteiger charge is 2.56. The van der Waals surface area contributed by atoms with Crippen LogP contribution in [0.5, 0.6) is 0 Å². The van der Waals surface area contributed by atoms with Crippen molar-refractivity contribution in [2.24, 2.45) is 29.6 Å². The number of aromatic nitrogens is 1. The first-order valence-electron chi connectivity index (χ1n) is 14.3. The largest absolute Gasteiger partial charge is 0.417 e. The highest BCUT2D eigenvalue weighted by molar-refractivity contribution is 5.82. The maximum Gasteiger partial charge on any atom is 0.417 e. The Balaban J connectivity index is 0.984. The number of carbonyl (C=O) groups excluding carboxylic acids is 1. The number of hydrogen-bond acceptors (Lipinski definition) is 2. The number of rotatable bonds is 4. The van der Waals surface area contributed by atoms with Gasteiger partial charge in [-0.25, -0.2) is 0 Å². The van der Waals surface area contributed by atoms with Gasteiger partial charge in [0.2, 0.25) is 5.91 Å². The van der Waals surface area contributed by atoms with Crippen LogP contribution in [0.15, 0.2) is 42.6 Å². The molecule has 6 heteroatoms. The molecule has 3 saturated carbocycles. The maximum absolute atomic E-state index is 13.4. The molecule has 2 atom stereocenters. The van der Waals surface area contributed by atoms with E-state index >= 15 is 0 Å². The Morgan fingerprint density at radius 2 is 1.57 bits per heavy atom. The standard InChI is InChI=1S/C31H37F3N2O/c32-31(33,34)25-17-24-19-36(15-14-28(24)35-18-25)30(37)29-26-12-8-21(9-13-27(26)29)16-20-6-10-23(11-7-20)22-4-2-1-3-5-22/h1-5,17-18,20-21,23,26-27,29H,6-16,19H2. The highest BCUT2D eigenvalue weighted by atomic mass is 19.4. The Labute approximate surface area is 217 Å². The van der Waals surface area contributed by atoms with Crippen LogP contribution < -0.4 is 0 Å². The van der Waals surface area contributed by atoms with Crippen molar-refractivity contribution in [2.75, 3.05) is 6.54 Å². The molecule has 37 heavy (non-hydrogen) atoms. The minimum atomic E-state index is -4.41. The number of hydrogen-bond donors (Lipinski definition) is 0. The lowest BCUT2D eigenvalue weighted by atomic mass is 9.74. The Bertz CT molecular complexity index is 1100. The van der Waals surface area contributed by atoms with E-state index in [-0.39, 0.29) is 18.4 Å². The molecule has 0 N–H and O–H groups in total. The lowest BCUT2D eigenvalue weighted by Gasteiger charge is -2.31. The van der Waals surface area contributed by atoms with Gasteiger partial charge >= 0.3 is 6.18 Å². The summed E-state index contributed by atoms with van der Waals surface area (Å²) in [6, 6.07) is 12.1. The average Bonchev–Trinajstić information content (AvgIpc) is 3.65. The van der Waals surface area contributed by atoms with Gasteiger partial charge in [-0.15, -0.1) is 0 Å². The van der Waals surface area contributed by atoms with E-state index < -0.39 is 11.7 Å². The molecule has 2 heterocycles. The van der Waals surface area contributed by atoms with E-state index in [0.717, 1.165) is 36.8 Å². The molecule has 6 rings (SSSR count). The van der Waals surface area contributed by atoms with Crippen molar-refractivity contribution >= 4 is 5.91 Å². The fourth-order valence-corrected chi connectivity index (χ4v) is 7.74. The molecule has 0 spiro atoms. The zero-order valence-corrected chi connectivity index (χ0v) is 21.4. The first kappa shape index (κ1) is 24.9. The van der Waals surface area contributed by atoms with Crippen LogP contribution in [0.25, 0.3) is 0 Å². The van der Waals surface area contributed by atoms with Gasteiger partial charge in [-0.1, -0.05) is 43.2 Å². The second kappa shape index (κ2) is 10.1. The van der Waals surface area contributed by atoms with Crippen molar-refractivity contribution in [3.63, 3.8) is 0 Å². The van der Waals surface area contributed by atoms with Crippen LogP contribution in [0.3, 0.4) is 0 Å². The molecule has 4 aliphatic rings. The molecule has 0 radical (unpaired) electrons. The minimum absolute atomic E-state index is 0.0857. The summed E-state index contributed by atoms with van der Waals surface area (Å²) in [5.41, 5.74) is 2.03. The van der Waals surface area contributed by atoms with Crippen LogP contribution in [-0.2, 0) is 23.9 Å². The minimum Gasteiger partial charge on any atom is -0.338 e. The summed E-state index contributed by atoms with van der Waals surface area (Å²) in [4.78, 5) is 19.2. The van der Waals surface area contributed by atoms with Gasteiger partial charge in [0.25, 0.3) is 0 Å². The second-order valence-electron chi connectivity index (χ2n) is 12.1. The molecule has 2 unspecified atom stereocenters. The lowest BCUT2D eigenvalue weighted by molar-refractivity contribution is -0.137.